The summed E-state index contributed by atoms with van der Waals surface area (Å²) in [5.74, 6) is -2.67. The Hall–Kier alpha value is -2.62. The highest BCUT2D eigenvalue weighted by molar-refractivity contribution is 5.90. The summed E-state index contributed by atoms with van der Waals surface area (Å²) in [6.07, 6.45) is 0. The molecule has 2 rings (SSSR count). The van der Waals surface area contributed by atoms with Gasteiger partial charge in [0.15, 0.2) is 0 Å². The molecular weight excluding hydrogens is 296 g/mol. The Morgan fingerprint density at radius 2 is 1.64 bits per heavy atom. The van der Waals surface area contributed by atoms with Crippen LogP contribution in [0, 0.1) is 0 Å². The molecule has 22 heavy (non-hydrogen) atoms. The van der Waals surface area contributed by atoms with Crippen molar-refractivity contribution in [3.63, 3.8) is 0 Å². The first-order valence-corrected chi connectivity index (χ1v) is 6.32. The molecule has 0 radical (unpaired) electrons. The Kier molecular flexibility index (Phi) is 4.04. The van der Waals surface area contributed by atoms with Gasteiger partial charge in [-0.15, -0.1) is 0 Å². The quantitative estimate of drug-likeness (QED) is 0.591. The highest BCUT2D eigenvalue weighted by atomic mass is 16.5. The Morgan fingerprint density at radius 1 is 1.05 bits per heavy atom. The van der Waals surface area contributed by atoms with Crippen molar-refractivity contribution in [2.75, 3.05) is 19.6 Å². The summed E-state index contributed by atoms with van der Waals surface area (Å²) in [5, 5.41) is 0. The zero-order valence-corrected chi connectivity index (χ0v) is 12.5. The number of nitrogens with one attached hydrogen (secondary N) is 2. The maximum Gasteiger partial charge on any atom is 0.332 e. The van der Waals surface area contributed by atoms with Gasteiger partial charge in [-0.25, -0.2) is 10.2 Å². The number of fused-ring (bicyclic) bond motifs is 1. The van der Waals surface area contributed by atoms with Crippen molar-refractivity contribution < 1.29 is 19.1 Å². The van der Waals surface area contributed by atoms with Crippen LogP contribution in [0.25, 0.3) is 0 Å². The summed E-state index contributed by atoms with van der Waals surface area (Å²) in [6.45, 7) is 0. The standard InChI is InChI=1S/C12H16N4O6/c1-15-8-6(9(17)16(2)12(15)20)5(10(18)21-3)7(13-14-8)11(19)22-4/h5,7,13-14H,1-4H3. The number of rotatable bonds is 2. The van der Waals surface area contributed by atoms with E-state index in [1.165, 1.54) is 14.1 Å². The van der Waals surface area contributed by atoms with E-state index in [4.69, 9.17) is 0 Å². The summed E-state index contributed by atoms with van der Waals surface area (Å²) in [7, 11) is 5.02. The number of hydrogen-bond donors (Lipinski definition) is 2. The van der Waals surface area contributed by atoms with E-state index in [0.717, 1.165) is 23.4 Å². The van der Waals surface area contributed by atoms with E-state index in [0.29, 0.717) is 0 Å². The van der Waals surface area contributed by atoms with Crippen LogP contribution in [0.5, 0.6) is 0 Å². The van der Waals surface area contributed by atoms with Crippen LogP contribution in [-0.2, 0) is 33.2 Å². The Bertz CT molecular complexity index is 749. The first kappa shape index (κ1) is 15.8. The molecular formula is C12H16N4O6. The highest BCUT2D eigenvalue weighted by Crippen LogP contribution is 2.28. The van der Waals surface area contributed by atoms with Crippen LogP contribution >= 0.6 is 0 Å². The summed E-state index contributed by atoms with van der Waals surface area (Å²) >= 11 is 0. The zero-order valence-electron chi connectivity index (χ0n) is 12.5. The normalized spacial score (nSPS) is 19.8. The topological polar surface area (TPSA) is 121 Å². The Balaban J connectivity index is 2.77. The van der Waals surface area contributed by atoms with Crippen molar-refractivity contribution in [2.45, 2.75) is 12.0 Å². The van der Waals surface area contributed by atoms with E-state index in [1.54, 1.807) is 0 Å². The molecule has 2 atom stereocenters. The smallest absolute Gasteiger partial charge is 0.332 e. The lowest BCUT2D eigenvalue weighted by Gasteiger charge is -2.32. The van der Waals surface area contributed by atoms with Gasteiger partial charge in [0.2, 0.25) is 0 Å². The van der Waals surface area contributed by atoms with Crippen molar-refractivity contribution in [3.05, 3.63) is 26.4 Å². The Morgan fingerprint density at radius 3 is 2.18 bits per heavy atom. The van der Waals surface area contributed by atoms with Gasteiger partial charge in [-0.1, -0.05) is 0 Å². The van der Waals surface area contributed by atoms with E-state index in [2.05, 4.69) is 20.3 Å². The van der Waals surface area contributed by atoms with Gasteiger partial charge in [-0.2, -0.15) is 0 Å². The van der Waals surface area contributed by atoms with Crippen LogP contribution in [0.4, 0.5) is 5.82 Å². The molecule has 2 N–H and O–H groups in total. The third-order valence-electron chi connectivity index (χ3n) is 3.60. The number of nitrogens with zero attached hydrogens (tertiary/aromatic N) is 2. The zero-order chi connectivity index (χ0) is 16.6. The number of ether oxygens (including phenoxy) is 2. The lowest BCUT2D eigenvalue weighted by atomic mass is 9.91. The molecule has 2 unspecified atom stereocenters. The number of methoxy groups -OCH3 is 2. The fraction of sp³-hybridized carbons (Fsp3) is 0.500. The second-order valence-corrected chi connectivity index (χ2v) is 4.74. The molecule has 0 bridgehead atoms. The van der Waals surface area contributed by atoms with E-state index >= 15 is 0 Å². The average molecular weight is 312 g/mol. The molecule has 1 aliphatic rings. The van der Waals surface area contributed by atoms with Gasteiger partial charge in [0, 0.05) is 14.1 Å². The number of carbonyl (C=O) groups excluding carboxylic acids is 2. The monoisotopic (exact) mass is 312 g/mol. The van der Waals surface area contributed by atoms with Crippen molar-refractivity contribution in [1.82, 2.24) is 14.6 Å². The first-order valence-electron chi connectivity index (χ1n) is 6.32. The minimum atomic E-state index is -1.24. The van der Waals surface area contributed by atoms with Gasteiger partial charge in [0.25, 0.3) is 5.56 Å². The van der Waals surface area contributed by atoms with Gasteiger partial charge in [0.05, 0.1) is 19.8 Å². The van der Waals surface area contributed by atoms with Crippen LogP contribution in [0.15, 0.2) is 9.59 Å². The van der Waals surface area contributed by atoms with E-state index in [-0.39, 0.29) is 11.4 Å². The summed E-state index contributed by atoms with van der Waals surface area (Å²) in [6, 6.07) is -1.16. The number of carbonyl (C=O) groups is 2. The molecule has 0 amide bonds. The minimum Gasteiger partial charge on any atom is -0.468 e. The summed E-state index contributed by atoms with van der Waals surface area (Å²) in [5.41, 5.74) is 3.89. The average Bonchev–Trinajstić information content (AvgIpc) is 2.55. The molecule has 0 fully saturated rings. The lowest BCUT2D eigenvalue weighted by molar-refractivity contribution is -0.151. The molecule has 2 heterocycles. The van der Waals surface area contributed by atoms with Gasteiger partial charge in [-0.05, 0) is 0 Å². The Labute approximate surface area is 124 Å². The van der Waals surface area contributed by atoms with E-state index < -0.39 is 35.1 Å². The van der Waals surface area contributed by atoms with Crippen LogP contribution in [0.2, 0.25) is 0 Å². The van der Waals surface area contributed by atoms with Crippen LogP contribution in [0.3, 0.4) is 0 Å². The molecule has 1 aliphatic heterocycles. The predicted octanol–water partition coefficient (Wildman–Crippen LogP) is -2.19. The van der Waals surface area contributed by atoms with Crippen molar-refractivity contribution >= 4 is 17.8 Å². The molecule has 1 aromatic heterocycles. The van der Waals surface area contributed by atoms with Crippen molar-refractivity contribution in [3.8, 4) is 0 Å². The molecule has 10 heteroatoms. The number of hydrazine groups is 1. The third kappa shape index (κ3) is 2.17. The number of anilines is 1. The fourth-order valence-electron chi connectivity index (χ4n) is 2.40. The predicted molar refractivity (Wildman–Crippen MR) is 74.2 cm³/mol. The highest BCUT2D eigenvalue weighted by Gasteiger charge is 2.44. The maximum atomic E-state index is 12.4. The third-order valence-corrected chi connectivity index (χ3v) is 3.60. The van der Waals surface area contributed by atoms with Gasteiger partial charge < -0.3 is 14.9 Å². The first-order chi connectivity index (χ1) is 10.3. The number of esters is 2. The molecule has 0 aromatic carbocycles. The van der Waals surface area contributed by atoms with E-state index in [9.17, 15) is 19.2 Å². The number of hydrogen-bond acceptors (Lipinski definition) is 8. The summed E-state index contributed by atoms with van der Waals surface area (Å²) < 4.78 is 11.3. The summed E-state index contributed by atoms with van der Waals surface area (Å²) in [4.78, 5) is 48.3. The maximum absolute atomic E-state index is 12.4. The lowest BCUT2D eigenvalue weighted by Crippen LogP contribution is -2.56. The molecule has 10 nitrogen and oxygen atoms in total. The second kappa shape index (κ2) is 5.64. The second-order valence-electron chi connectivity index (χ2n) is 4.74. The van der Waals surface area contributed by atoms with Crippen LogP contribution < -0.4 is 22.1 Å². The molecule has 1 aromatic rings. The van der Waals surface area contributed by atoms with Crippen LogP contribution in [0.1, 0.15) is 11.5 Å². The van der Waals surface area contributed by atoms with Gasteiger partial charge in [0.1, 0.15) is 17.8 Å². The van der Waals surface area contributed by atoms with Crippen LogP contribution in [-0.4, -0.2) is 41.3 Å². The molecule has 0 aliphatic carbocycles. The number of aromatic nitrogens is 2. The molecule has 0 saturated carbocycles. The molecule has 0 saturated heterocycles. The van der Waals surface area contributed by atoms with E-state index in [1.807, 2.05) is 0 Å². The SMILES string of the molecule is COC(=O)C1NNc2c(c(=O)n(C)c(=O)n2C)C1C(=O)OC. The van der Waals surface area contributed by atoms with Crippen molar-refractivity contribution in [1.29, 1.82) is 0 Å². The fourth-order valence-corrected chi connectivity index (χ4v) is 2.40. The molecule has 0 spiro atoms. The molecule has 120 valence electrons. The van der Waals surface area contributed by atoms with Crippen molar-refractivity contribution in [2.24, 2.45) is 14.1 Å². The van der Waals surface area contributed by atoms with Gasteiger partial charge >= 0.3 is 17.6 Å². The largest absolute Gasteiger partial charge is 0.468 e. The minimum absolute atomic E-state index is 0.0365. The van der Waals surface area contributed by atoms with Gasteiger partial charge in [-0.3, -0.25) is 23.5 Å².